The van der Waals surface area contributed by atoms with Crippen LogP contribution in [0.1, 0.15) is 65.7 Å². The molecule has 0 heterocycles. The Kier molecular flexibility index (Phi) is 12.8. The zero-order chi connectivity index (χ0) is 16.8. The highest BCUT2D eigenvalue weighted by molar-refractivity contribution is 8.04. The highest BCUT2D eigenvalue weighted by Gasteiger charge is 2.50. The minimum absolute atomic E-state index is 0.107. The van der Waals surface area contributed by atoms with E-state index in [0.717, 1.165) is 12.8 Å². The van der Waals surface area contributed by atoms with Crippen LogP contribution in [0.3, 0.4) is 0 Å². The Morgan fingerprint density at radius 2 is 1.86 bits per heavy atom. The molecule has 0 aromatic carbocycles. The van der Waals surface area contributed by atoms with Gasteiger partial charge in [0.1, 0.15) is 0 Å². The van der Waals surface area contributed by atoms with Gasteiger partial charge in [-0.2, -0.15) is 0 Å². The van der Waals surface area contributed by atoms with E-state index in [1.807, 2.05) is 32.3 Å². The molecule has 0 bridgehead atoms. The predicted molar refractivity (Wildman–Crippen MR) is 102 cm³/mol. The summed E-state index contributed by atoms with van der Waals surface area (Å²) < 4.78 is -0.107. The van der Waals surface area contributed by atoms with Gasteiger partial charge in [-0.05, 0) is 38.0 Å². The third kappa shape index (κ3) is 8.28. The smallest absolute Gasteiger partial charge is 0.236 e. The van der Waals surface area contributed by atoms with Crippen LogP contribution in [0.4, 0.5) is 0 Å². The highest BCUT2D eigenvalue weighted by Crippen LogP contribution is 2.49. The molecule has 2 saturated carbocycles. The monoisotopic (exact) mass is 345 g/mol. The predicted octanol–water partition coefficient (Wildman–Crippen LogP) is 5.67. The topological polar surface area (TPSA) is 29.1 Å². The molecule has 0 aromatic rings. The number of amides is 1. The zero-order valence-electron chi connectivity index (χ0n) is 14.4. The summed E-state index contributed by atoms with van der Waals surface area (Å²) >= 11 is 6.76. The largest absolute Gasteiger partial charge is 0.352 e. The van der Waals surface area contributed by atoms with Gasteiger partial charge in [0, 0.05) is 11.9 Å². The van der Waals surface area contributed by atoms with Crippen molar-refractivity contribution >= 4 is 29.3 Å². The fourth-order valence-corrected chi connectivity index (χ4v) is 3.17. The lowest BCUT2D eigenvalue weighted by molar-refractivity contribution is -0.122. The maximum atomic E-state index is 12.1. The zero-order valence-corrected chi connectivity index (χ0v) is 15.9. The van der Waals surface area contributed by atoms with Crippen molar-refractivity contribution in [2.24, 2.45) is 0 Å². The van der Waals surface area contributed by atoms with Crippen molar-refractivity contribution in [3.8, 4) is 0 Å². The van der Waals surface area contributed by atoms with Crippen LogP contribution in [0.25, 0.3) is 0 Å². The first-order valence-electron chi connectivity index (χ1n) is 8.45. The molecule has 0 saturated heterocycles. The standard InChI is InChI=1S/C13H21NOS.C3H5Cl.C2H6/c1-2-10-16-13(8-9-13)12(15)14-11-6-4-3-5-7-11;1-2-3-4;1-2/h2,10-11H,3-9H2,1H3,(H,14,15);2H,1,3H2;1-2H3/b10-2+;;. The van der Waals surface area contributed by atoms with Crippen LogP contribution in [0, 0.1) is 0 Å². The molecule has 4 heteroatoms. The molecule has 0 spiro atoms. The van der Waals surface area contributed by atoms with E-state index in [0.29, 0.717) is 11.9 Å². The van der Waals surface area contributed by atoms with E-state index >= 15 is 0 Å². The van der Waals surface area contributed by atoms with Crippen LogP contribution < -0.4 is 5.32 Å². The number of carbonyl (C=O) groups is 1. The number of hydrogen-bond donors (Lipinski definition) is 1. The first-order chi connectivity index (χ1) is 10.7. The van der Waals surface area contributed by atoms with Crippen molar-refractivity contribution in [2.75, 3.05) is 5.88 Å². The number of hydrogen-bond acceptors (Lipinski definition) is 2. The minimum Gasteiger partial charge on any atom is -0.352 e. The van der Waals surface area contributed by atoms with E-state index in [1.54, 1.807) is 17.8 Å². The van der Waals surface area contributed by atoms with Crippen molar-refractivity contribution in [1.82, 2.24) is 5.32 Å². The number of halogens is 1. The molecule has 0 aliphatic heterocycles. The van der Waals surface area contributed by atoms with Crippen molar-refractivity contribution < 1.29 is 4.79 Å². The van der Waals surface area contributed by atoms with Gasteiger partial charge >= 0.3 is 0 Å². The summed E-state index contributed by atoms with van der Waals surface area (Å²) in [6.45, 7) is 9.35. The summed E-state index contributed by atoms with van der Waals surface area (Å²) in [5.41, 5.74) is 0. The van der Waals surface area contributed by atoms with Crippen LogP contribution in [0.15, 0.2) is 24.1 Å². The van der Waals surface area contributed by atoms with E-state index < -0.39 is 0 Å². The maximum Gasteiger partial charge on any atom is 0.236 e. The Morgan fingerprint density at radius 3 is 2.27 bits per heavy atom. The molecule has 0 aromatic heterocycles. The molecule has 2 nitrogen and oxygen atoms in total. The molecule has 0 unspecified atom stereocenters. The van der Waals surface area contributed by atoms with Crippen molar-refractivity contribution in [3.05, 3.63) is 24.1 Å². The average Bonchev–Trinajstić information content (AvgIpc) is 3.37. The summed E-state index contributed by atoms with van der Waals surface area (Å²) in [4.78, 5) is 12.1. The fraction of sp³-hybridized carbons (Fsp3) is 0.722. The summed E-state index contributed by atoms with van der Waals surface area (Å²) in [5, 5.41) is 5.29. The summed E-state index contributed by atoms with van der Waals surface area (Å²) in [7, 11) is 0. The number of alkyl halides is 1. The Hall–Kier alpha value is -0.410. The minimum atomic E-state index is -0.107. The van der Waals surface area contributed by atoms with Crippen LogP contribution in [-0.4, -0.2) is 22.6 Å². The van der Waals surface area contributed by atoms with Gasteiger partial charge in [0.15, 0.2) is 0 Å². The summed E-state index contributed by atoms with van der Waals surface area (Å²) in [6.07, 6.45) is 12.0. The molecule has 1 N–H and O–H groups in total. The molecular weight excluding hydrogens is 314 g/mol. The lowest BCUT2D eigenvalue weighted by Gasteiger charge is -2.24. The third-order valence-electron chi connectivity index (χ3n) is 3.60. The molecule has 1 amide bonds. The van der Waals surface area contributed by atoms with Crippen molar-refractivity contribution in [1.29, 1.82) is 0 Å². The quantitative estimate of drug-likeness (QED) is 0.513. The molecule has 2 fully saturated rings. The number of thioether (sulfide) groups is 1. The first-order valence-corrected chi connectivity index (χ1v) is 9.86. The van der Waals surface area contributed by atoms with Crippen LogP contribution in [-0.2, 0) is 4.79 Å². The van der Waals surface area contributed by atoms with Crippen molar-refractivity contribution in [3.63, 3.8) is 0 Å². The second-order valence-electron chi connectivity index (χ2n) is 5.33. The van der Waals surface area contributed by atoms with Gasteiger partial charge in [0.2, 0.25) is 5.91 Å². The van der Waals surface area contributed by atoms with E-state index in [9.17, 15) is 4.79 Å². The second-order valence-corrected chi connectivity index (χ2v) is 6.93. The Morgan fingerprint density at radius 1 is 1.32 bits per heavy atom. The molecule has 22 heavy (non-hydrogen) atoms. The van der Waals surface area contributed by atoms with Gasteiger partial charge < -0.3 is 5.32 Å². The van der Waals surface area contributed by atoms with Gasteiger partial charge in [-0.25, -0.2) is 0 Å². The molecule has 0 radical (unpaired) electrons. The summed E-state index contributed by atoms with van der Waals surface area (Å²) in [5.74, 6) is 0.836. The Labute approximate surface area is 146 Å². The number of nitrogens with one attached hydrogen (secondary N) is 1. The Balaban J connectivity index is 0.000000640. The number of carbonyl (C=O) groups excluding carboxylic acids is 1. The van der Waals surface area contributed by atoms with Crippen LogP contribution in [0.2, 0.25) is 0 Å². The number of allylic oxidation sites excluding steroid dienone is 2. The van der Waals surface area contributed by atoms with Gasteiger partial charge in [0.05, 0.1) is 4.75 Å². The molecule has 2 aliphatic carbocycles. The van der Waals surface area contributed by atoms with Gasteiger partial charge in [-0.3, -0.25) is 4.79 Å². The lowest BCUT2D eigenvalue weighted by atomic mass is 9.95. The second kappa shape index (κ2) is 13.1. The Bertz CT molecular complexity index is 334. The van der Waals surface area contributed by atoms with E-state index in [4.69, 9.17) is 11.6 Å². The number of rotatable bonds is 5. The average molecular weight is 346 g/mol. The highest BCUT2D eigenvalue weighted by atomic mass is 35.5. The first kappa shape index (κ1) is 21.6. The molecule has 0 atom stereocenters. The lowest BCUT2D eigenvalue weighted by Crippen LogP contribution is -2.42. The third-order valence-corrected chi connectivity index (χ3v) is 5.27. The fourth-order valence-electron chi connectivity index (χ4n) is 2.27. The van der Waals surface area contributed by atoms with Crippen LogP contribution >= 0.6 is 23.4 Å². The van der Waals surface area contributed by atoms with E-state index in [2.05, 4.69) is 11.9 Å². The van der Waals surface area contributed by atoms with Gasteiger partial charge in [-0.1, -0.05) is 45.3 Å². The molecule has 2 aliphatic rings. The molecule has 128 valence electrons. The molecule has 2 rings (SSSR count). The molecular formula is C18H32ClNOS. The van der Waals surface area contributed by atoms with Crippen molar-refractivity contribution in [2.45, 2.75) is 76.5 Å². The van der Waals surface area contributed by atoms with Gasteiger partial charge in [-0.15, -0.1) is 29.9 Å². The summed E-state index contributed by atoms with van der Waals surface area (Å²) in [6, 6.07) is 0.449. The maximum absolute atomic E-state index is 12.1. The van der Waals surface area contributed by atoms with E-state index in [-0.39, 0.29) is 10.7 Å². The SMILES string of the molecule is C/C=C/SC1(C(=O)NC2CCCCC2)CC1.C=CCCl.CC. The van der Waals surface area contributed by atoms with Crippen LogP contribution in [0.5, 0.6) is 0 Å². The van der Waals surface area contributed by atoms with Gasteiger partial charge in [0.25, 0.3) is 0 Å². The normalized spacial score (nSPS) is 19.3. The van der Waals surface area contributed by atoms with E-state index in [1.165, 1.54) is 32.1 Å².